The summed E-state index contributed by atoms with van der Waals surface area (Å²) in [6.45, 7) is 7.27. The Hall–Kier alpha value is -2.28. The molecule has 7 heteroatoms. The summed E-state index contributed by atoms with van der Waals surface area (Å²) in [6, 6.07) is 3.44. The lowest BCUT2D eigenvalue weighted by Crippen LogP contribution is -2.38. The fourth-order valence-electron chi connectivity index (χ4n) is 3.10. The Labute approximate surface area is 153 Å². The van der Waals surface area contributed by atoms with Gasteiger partial charge in [0.05, 0.1) is 5.92 Å². The van der Waals surface area contributed by atoms with Gasteiger partial charge in [0.2, 0.25) is 11.8 Å². The van der Waals surface area contributed by atoms with Crippen LogP contribution in [0.5, 0.6) is 0 Å². The molecule has 1 N–H and O–H groups in total. The van der Waals surface area contributed by atoms with E-state index in [1.807, 2.05) is 32.9 Å². The average molecular weight is 358 g/mol. The summed E-state index contributed by atoms with van der Waals surface area (Å²) in [7, 11) is 0. The second-order valence-electron chi connectivity index (χ2n) is 7.09. The molecule has 1 fully saturated rings. The maximum atomic E-state index is 12.9. The lowest BCUT2D eigenvalue weighted by molar-refractivity contribution is -0.124. The predicted octanol–water partition coefficient (Wildman–Crippen LogP) is 2.98. The van der Waals surface area contributed by atoms with Crippen LogP contribution in [0.15, 0.2) is 29.0 Å². The predicted molar refractivity (Wildman–Crippen MR) is 95.5 cm³/mol. The zero-order valence-corrected chi connectivity index (χ0v) is 15.5. The molecule has 1 aliphatic heterocycles. The van der Waals surface area contributed by atoms with E-state index >= 15 is 0 Å². The van der Waals surface area contributed by atoms with Crippen molar-refractivity contribution in [3.05, 3.63) is 41.8 Å². The fourth-order valence-corrected chi connectivity index (χ4v) is 3.10. The first-order valence-electron chi connectivity index (χ1n) is 9.17. The Morgan fingerprint density at radius 1 is 1.27 bits per heavy atom. The number of ether oxygens (including phenoxy) is 1. The van der Waals surface area contributed by atoms with Crippen LogP contribution in [-0.4, -0.2) is 34.2 Å². The molecule has 3 heterocycles. The van der Waals surface area contributed by atoms with Crippen LogP contribution in [0, 0.1) is 5.92 Å². The first-order chi connectivity index (χ1) is 12.6. The fraction of sp³-hybridized carbons (Fsp3) is 0.579. The van der Waals surface area contributed by atoms with Gasteiger partial charge in [-0.2, -0.15) is 4.98 Å². The van der Waals surface area contributed by atoms with E-state index in [1.54, 1.807) is 12.4 Å². The molecule has 3 rings (SSSR count). The number of carbonyl (C=O) groups is 1. The Balaban J connectivity index is 1.79. The van der Waals surface area contributed by atoms with Gasteiger partial charge < -0.3 is 14.6 Å². The van der Waals surface area contributed by atoms with Crippen molar-refractivity contribution in [2.45, 2.75) is 51.5 Å². The molecule has 1 amide bonds. The Kier molecular flexibility index (Phi) is 5.98. The molecule has 0 radical (unpaired) electrons. The second-order valence-corrected chi connectivity index (χ2v) is 7.09. The van der Waals surface area contributed by atoms with Crippen molar-refractivity contribution in [1.82, 2.24) is 20.4 Å². The Bertz CT molecular complexity index is 711. The van der Waals surface area contributed by atoms with Gasteiger partial charge in [-0.15, -0.1) is 0 Å². The molecule has 26 heavy (non-hydrogen) atoms. The summed E-state index contributed by atoms with van der Waals surface area (Å²) >= 11 is 0. The van der Waals surface area contributed by atoms with Crippen LogP contribution in [0.1, 0.15) is 68.8 Å². The Morgan fingerprint density at radius 3 is 2.65 bits per heavy atom. The molecule has 0 aromatic carbocycles. The zero-order chi connectivity index (χ0) is 18.5. The maximum absolute atomic E-state index is 12.9. The number of nitrogens with one attached hydrogen (secondary N) is 1. The zero-order valence-electron chi connectivity index (χ0n) is 15.5. The van der Waals surface area contributed by atoms with Gasteiger partial charge in [0.25, 0.3) is 0 Å². The normalized spacial score (nSPS) is 17.8. The van der Waals surface area contributed by atoms with Gasteiger partial charge in [-0.25, -0.2) is 0 Å². The topological polar surface area (TPSA) is 90.1 Å². The highest BCUT2D eigenvalue weighted by atomic mass is 16.5. The molecule has 7 nitrogen and oxygen atoms in total. The molecule has 0 bridgehead atoms. The third-order valence-corrected chi connectivity index (χ3v) is 4.85. The maximum Gasteiger partial charge on any atom is 0.249 e. The summed E-state index contributed by atoms with van der Waals surface area (Å²) in [6.07, 6.45) is 5.12. The van der Waals surface area contributed by atoms with Crippen LogP contribution in [0.2, 0.25) is 0 Å². The number of hydrogen-bond donors (Lipinski definition) is 1. The van der Waals surface area contributed by atoms with E-state index in [2.05, 4.69) is 20.4 Å². The summed E-state index contributed by atoms with van der Waals surface area (Å²) < 4.78 is 11.0. The third kappa shape index (κ3) is 4.27. The summed E-state index contributed by atoms with van der Waals surface area (Å²) in [5.41, 5.74) is 0.879. The van der Waals surface area contributed by atoms with E-state index < -0.39 is 0 Å². The van der Waals surface area contributed by atoms with E-state index in [-0.39, 0.29) is 29.7 Å². The van der Waals surface area contributed by atoms with E-state index in [4.69, 9.17) is 9.26 Å². The first kappa shape index (κ1) is 18.5. The SMILES string of the molecule is CC(C)c1noc([C@H](NC(=O)[C@H](C)c2cccnc2)C2CCOCC2)n1. The molecule has 0 unspecified atom stereocenters. The highest BCUT2D eigenvalue weighted by Gasteiger charge is 2.33. The third-order valence-electron chi connectivity index (χ3n) is 4.85. The van der Waals surface area contributed by atoms with Gasteiger partial charge >= 0.3 is 0 Å². The number of rotatable bonds is 6. The van der Waals surface area contributed by atoms with E-state index in [0.29, 0.717) is 24.9 Å². The quantitative estimate of drug-likeness (QED) is 0.854. The molecule has 1 saturated heterocycles. The van der Waals surface area contributed by atoms with Crippen molar-refractivity contribution < 1.29 is 14.1 Å². The van der Waals surface area contributed by atoms with Crippen LogP contribution < -0.4 is 5.32 Å². The molecular formula is C19H26N4O3. The van der Waals surface area contributed by atoms with Crippen LogP contribution in [0.3, 0.4) is 0 Å². The smallest absolute Gasteiger partial charge is 0.249 e. The van der Waals surface area contributed by atoms with Crippen LogP contribution in [0.4, 0.5) is 0 Å². The molecule has 2 aromatic rings. The van der Waals surface area contributed by atoms with Crippen molar-refractivity contribution in [2.75, 3.05) is 13.2 Å². The Morgan fingerprint density at radius 2 is 2.04 bits per heavy atom. The summed E-state index contributed by atoms with van der Waals surface area (Å²) in [5, 5.41) is 7.20. The molecule has 1 aliphatic rings. The van der Waals surface area contributed by atoms with Crippen molar-refractivity contribution in [1.29, 1.82) is 0 Å². The lowest BCUT2D eigenvalue weighted by Gasteiger charge is -2.29. The van der Waals surface area contributed by atoms with Crippen LogP contribution in [-0.2, 0) is 9.53 Å². The number of aromatic nitrogens is 3. The highest BCUT2D eigenvalue weighted by molar-refractivity contribution is 5.83. The standard InChI is InChI=1S/C19H26N4O3/c1-12(2)17-22-19(26-23-17)16(14-6-9-25-10-7-14)21-18(24)13(3)15-5-4-8-20-11-15/h4-5,8,11-14,16H,6-7,9-10H2,1-3H3,(H,21,24)/t13-,16-/m1/s1. The minimum atomic E-state index is -0.307. The lowest BCUT2D eigenvalue weighted by atomic mass is 9.90. The molecular weight excluding hydrogens is 332 g/mol. The van der Waals surface area contributed by atoms with Crippen LogP contribution >= 0.6 is 0 Å². The molecule has 0 spiro atoms. The van der Waals surface area contributed by atoms with Gasteiger partial charge in [0.1, 0.15) is 6.04 Å². The minimum Gasteiger partial charge on any atom is -0.381 e. The molecule has 2 atom stereocenters. The minimum absolute atomic E-state index is 0.0706. The molecule has 140 valence electrons. The highest BCUT2D eigenvalue weighted by Crippen LogP contribution is 2.31. The number of nitrogens with zero attached hydrogens (tertiary/aromatic N) is 3. The van der Waals surface area contributed by atoms with Crippen molar-refractivity contribution >= 4 is 5.91 Å². The van der Waals surface area contributed by atoms with Crippen LogP contribution in [0.25, 0.3) is 0 Å². The van der Waals surface area contributed by atoms with Gasteiger partial charge in [-0.1, -0.05) is 25.1 Å². The van der Waals surface area contributed by atoms with Gasteiger partial charge in [0, 0.05) is 31.5 Å². The van der Waals surface area contributed by atoms with Crippen molar-refractivity contribution in [2.24, 2.45) is 5.92 Å². The van der Waals surface area contributed by atoms with E-state index in [1.165, 1.54) is 0 Å². The van der Waals surface area contributed by atoms with Gasteiger partial charge in [-0.05, 0) is 37.3 Å². The average Bonchev–Trinajstić information content (AvgIpc) is 3.17. The van der Waals surface area contributed by atoms with E-state index in [9.17, 15) is 4.79 Å². The summed E-state index contributed by atoms with van der Waals surface area (Å²) in [5.74, 6) is 1.15. The monoisotopic (exact) mass is 358 g/mol. The van der Waals surface area contributed by atoms with Crippen molar-refractivity contribution in [3.8, 4) is 0 Å². The number of pyridine rings is 1. The van der Waals surface area contributed by atoms with Gasteiger partial charge in [-0.3, -0.25) is 9.78 Å². The second kappa shape index (κ2) is 8.40. The van der Waals surface area contributed by atoms with Crippen molar-refractivity contribution in [3.63, 3.8) is 0 Å². The molecule has 0 aliphatic carbocycles. The molecule has 0 saturated carbocycles. The largest absolute Gasteiger partial charge is 0.381 e. The number of hydrogen-bond acceptors (Lipinski definition) is 6. The first-order valence-corrected chi connectivity index (χ1v) is 9.17. The number of carbonyl (C=O) groups excluding carboxylic acids is 1. The van der Waals surface area contributed by atoms with E-state index in [0.717, 1.165) is 18.4 Å². The summed E-state index contributed by atoms with van der Waals surface area (Å²) in [4.78, 5) is 21.5. The van der Waals surface area contributed by atoms with Gasteiger partial charge in [0.15, 0.2) is 5.82 Å². The molecule has 2 aromatic heterocycles. The number of amides is 1.